The molecule has 2 amide bonds. The van der Waals surface area contributed by atoms with E-state index in [0.717, 1.165) is 0 Å². The number of ether oxygens (including phenoxy) is 1. The van der Waals surface area contributed by atoms with Gasteiger partial charge in [0.25, 0.3) is 0 Å². The van der Waals surface area contributed by atoms with Crippen LogP contribution in [0.3, 0.4) is 0 Å². The van der Waals surface area contributed by atoms with Gasteiger partial charge in [0.05, 0.1) is 19.8 Å². The van der Waals surface area contributed by atoms with Gasteiger partial charge in [-0.3, -0.25) is 9.59 Å². The third kappa shape index (κ3) is 3.33. The predicted octanol–water partition coefficient (Wildman–Crippen LogP) is 0.419. The Balaban J connectivity index is 2.04. The molecule has 0 aliphatic carbocycles. The monoisotopic (exact) mass is 292 g/mol. The van der Waals surface area contributed by atoms with E-state index >= 15 is 0 Å². The molecule has 21 heavy (non-hydrogen) atoms. The molecule has 2 rings (SSSR count). The Hall–Kier alpha value is -2.08. The highest BCUT2D eigenvalue weighted by Gasteiger charge is 2.32. The molecule has 1 atom stereocenters. The van der Waals surface area contributed by atoms with Crippen molar-refractivity contribution in [2.75, 3.05) is 33.3 Å². The maximum atomic E-state index is 12.0. The quantitative estimate of drug-likeness (QED) is 0.799. The minimum Gasteiger partial charge on any atom is -0.497 e. The molecule has 0 aromatic heterocycles. The van der Waals surface area contributed by atoms with Crippen LogP contribution in [0.25, 0.3) is 0 Å². The van der Waals surface area contributed by atoms with Crippen LogP contribution < -0.4 is 4.74 Å². The number of methoxy groups -OCH3 is 1. The van der Waals surface area contributed by atoms with Gasteiger partial charge in [0.15, 0.2) is 0 Å². The molecule has 1 N–H and O–H groups in total. The van der Waals surface area contributed by atoms with E-state index in [1.807, 2.05) is 6.92 Å². The zero-order chi connectivity index (χ0) is 15.4. The number of aliphatic hydroxyl groups excluding tert-OH is 1. The topological polar surface area (TPSA) is 70.1 Å². The largest absolute Gasteiger partial charge is 0.497 e. The van der Waals surface area contributed by atoms with Gasteiger partial charge in [-0.15, -0.1) is 0 Å². The third-order valence-electron chi connectivity index (χ3n) is 3.65. The lowest BCUT2D eigenvalue weighted by molar-refractivity contribution is -0.156. The van der Waals surface area contributed by atoms with Crippen LogP contribution in [-0.2, 0) is 9.59 Å². The van der Waals surface area contributed by atoms with E-state index in [0.29, 0.717) is 30.9 Å². The summed E-state index contributed by atoms with van der Waals surface area (Å²) in [5.74, 6) is -0.406. The number of hydrogen-bond acceptors (Lipinski definition) is 4. The van der Waals surface area contributed by atoms with Crippen molar-refractivity contribution in [2.24, 2.45) is 0 Å². The summed E-state index contributed by atoms with van der Waals surface area (Å²) in [5.41, 5.74) is 0.660. The second-order valence-electron chi connectivity index (χ2n) is 4.93. The van der Waals surface area contributed by atoms with Gasteiger partial charge in [-0.1, -0.05) is 12.1 Å². The minimum absolute atomic E-state index is 0.106. The Morgan fingerprint density at radius 1 is 1.24 bits per heavy atom. The van der Waals surface area contributed by atoms with Crippen molar-refractivity contribution in [1.29, 1.82) is 0 Å². The van der Waals surface area contributed by atoms with Crippen LogP contribution in [0.2, 0.25) is 0 Å². The van der Waals surface area contributed by atoms with E-state index in [2.05, 4.69) is 0 Å². The van der Waals surface area contributed by atoms with Crippen molar-refractivity contribution in [3.05, 3.63) is 29.8 Å². The van der Waals surface area contributed by atoms with Gasteiger partial charge in [0.1, 0.15) is 5.75 Å². The molecule has 1 aliphatic heterocycles. The molecule has 1 aliphatic rings. The lowest BCUT2D eigenvalue weighted by atomic mass is 10.1. The molecule has 1 aromatic rings. The summed E-state index contributed by atoms with van der Waals surface area (Å²) < 4.78 is 5.11. The maximum Gasteiger partial charge on any atom is 0.312 e. The molecule has 0 saturated carbocycles. The number of carbonyl (C=O) groups excluding carboxylic acids is 2. The molecule has 1 heterocycles. The highest BCUT2D eigenvalue weighted by atomic mass is 16.5. The van der Waals surface area contributed by atoms with Crippen LogP contribution in [0, 0.1) is 0 Å². The summed E-state index contributed by atoms with van der Waals surface area (Å²) >= 11 is 0. The molecule has 6 nitrogen and oxygen atoms in total. The van der Waals surface area contributed by atoms with Gasteiger partial charge < -0.3 is 19.6 Å². The Morgan fingerprint density at radius 2 is 1.90 bits per heavy atom. The zero-order valence-electron chi connectivity index (χ0n) is 12.3. The molecule has 114 valence electrons. The van der Waals surface area contributed by atoms with Gasteiger partial charge in [0, 0.05) is 19.6 Å². The van der Waals surface area contributed by atoms with E-state index in [1.165, 1.54) is 9.80 Å². The lowest BCUT2D eigenvalue weighted by Gasteiger charge is -2.34. The fourth-order valence-electron chi connectivity index (χ4n) is 2.35. The normalized spacial score (nSPS) is 17.1. The number of piperazine rings is 1. The Bertz CT molecular complexity index is 532. The van der Waals surface area contributed by atoms with Gasteiger partial charge in [0.2, 0.25) is 0 Å². The molecule has 6 heteroatoms. The summed E-state index contributed by atoms with van der Waals surface area (Å²) in [6, 6.07) is 7.05. The summed E-state index contributed by atoms with van der Waals surface area (Å²) in [7, 11) is 1.55. The molecule has 1 saturated heterocycles. The average Bonchev–Trinajstić information content (AvgIpc) is 2.52. The number of hydrogen-bond donors (Lipinski definition) is 1. The average molecular weight is 292 g/mol. The highest BCUT2D eigenvalue weighted by Crippen LogP contribution is 2.20. The number of β-amino-alcohol motifs (C(OH)–C–C–N with tert-alkyl or cyclic N) is 1. The van der Waals surface area contributed by atoms with Crippen molar-refractivity contribution >= 4 is 11.8 Å². The summed E-state index contributed by atoms with van der Waals surface area (Å²) in [5, 5.41) is 10.2. The summed E-state index contributed by atoms with van der Waals surface area (Å²) in [6.07, 6.45) is -0.843. The number of rotatable bonds is 5. The fourth-order valence-corrected chi connectivity index (χ4v) is 2.35. The van der Waals surface area contributed by atoms with E-state index in [1.54, 1.807) is 31.4 Å². The van der Waals surface area contributed by atoms with E-state index in [9.17, 15) is 14.7 Å². The second-order valence-corrected chi connectivity index (χ2v) is 4.93. The summed E-state index contributed by atoms with van der Waals surface area (Å²) in [6.45, 7) is 3.42. The standard InChI is InChI=1S/C15H20N2O4/c1-3-16-7-8-17(15(20)14(16)19)10-13(18)11-5-4-6-12(9-11)21-2/h4-6,9,13,18H,3,7-8,10H2,1-2H3. The van der Waals surface area contributed by atoms with Crippen LogP contribution in [0.1, 0.15) is 18.6 Å². The van der Waals surface area contributed by atoms with Gasteiger partial charge >= 0.3 is 11.8 Å². The van der Waals surface area contributed by atoms with Crippen LogP contribution in [0.4, 0.5) is 0 Å². The molecule has 1 aromatic carbocycles. The number of carbonyl (C=O) groups is 2. The first-order chi connectivity index (χ1) is 10.1. The van der Waals surface area contributed by atoms with Crippen molar-refractivity contribution in [1.82, 2.24) is 9.80 Å². The highest BCUT2D eigenvalue weighted by molar-refractivity contribution is 6.35. The van der Waals surface area contributed by atoms with Crippen LogP contribution >= 0.6 is 0 Å². The van der Waals surface area contributed by atoms with E-state index < -0.39 is 17.9 Å². The van der Waals surface area contributed by atoms with Gasteiger partial charge in [-0.2, -0.15) is 0 Å². The van der Waals surface area contributed by atoms with Crippen molar-refractivity contribution in [3.63, 3.8) is 0 Å². The maximum absolute atomic E-state index is 12.0. The molecule has 0 radical (unpaired) electrons. The number of amides is 2. The SMILES string of the molecule is CCN1CCN(CC(O)c2cccc(OC)c2)C(=O)C1=O. The fraction of sp³-hybridized carbons (Fsp3) is 0.467. The van der Waals surface area contributed by atoms with Crippen molar-refractivity contribution in [3.8, 4) is 5.75 Å². The minimum atomic E-state index is -0.843. The molecule has 0 spiro atoms. The molecule has 0 bridgehead atoms. The number of nitrogens with zero attached hydrogens (tertiary/aromatic N) is 2. The smallest absolute Gasteiger partial charge is 0.312 e. The molecule has 1 fully saturated rings. The second kappa shape index (κ2) is 6.58. The first-order valence-electron chi connectivity index (χ1n) is 6.97. The Labute approximate surface area is 123 Å². The Kier molecular flexibility index (Phi) is 4.80. The van der Waals surface area contributed by atoms with Crippen LogP contribution in [0.15, 0.2) is 24.3 Å². The van der Waals surface area contributed by atoms with Gasteiger partial charge in [-0.05, 0) is 24.6 Å². The number of aliphatic hydroxyl groups is 1. The first-order valence-corrected chi connectivity index (χ1v) is 6.97. The third-order valence-corrected chi connectivity index (χ3v) is 3.65. The zero-order valence-corrected chi connectivity index (χ0v) is 12.3. The van der Waals surface area contributed by atoms with Crippen LogP contribution in [0.5, 0.6) is 5.75 Å². The Morgan fingerprint density at radius 3 is 2.57 bits per heavy atom. The van der Waals surface area contributed by atoms with Gasteiger partial charge in [-0.25, -0.2) is 0 Å². The predicted molar refractivity (Wildman–Crippen MR) is 76.8 cm³/mol. The van der Waals surface area contributed by atoms with Crippen molar-refractivity contribution < 1.29 is 19.4 Å². The number of likely N-dealkylation sites (N-methyl/N-ethyl adjacent to an activating group) is 1. The van der Waals surface area contributed by atoms with E-state index in [-0.39, 0.29) is 6.54 Å². The van der Waals surface area contributed by atoms with E-state index in [4.69, 9.17) is 4.74 Å². The summed E-state index contributed by atoms with van der Waals surface area (Å²) in [4.78, 5) is 26.7. The first kappa shape index (κ1) is 15.3. The lowest BCUT2D eigenvalue weighted by Crippen LogP contribution is -2.54. The molecular weight excluding hydrogens is 272 g/mol. The number of benzene rings is 1. The molecule has 1 unspecified atom stereocenters. The van der Waals surface area contributed by atoms with Crippen molar-refractivity contribution in [2.45, 2.75) is 13.0 Å². The molecular formula is C15H20N2O4. The van der Waals surface area contributed by atoms with Crippen LogP contribution in [-0.4, -0.2) is 60.0 Å².